The summed E-state index contributed by atoms with van der Waals surface area (Å²) in [5.74, 6) is 0. The van der Waals surface area contributed by atoms with Gasteiger partial charge in [0.1, 0.15) is 11.2 Å². The van der Waals surface area contributed by atoms with Crippen LogP contribution in [0.5, 0.6) is 0 Å². The zero-order valence-corrected chi connectivity index (χ0v) is 25.3. The number of hydrogen-bond acceptors (Lipinski definition) is 1. The summed E-state index contributed by atoms with van der Waals surface area (Å²) in [6.45, 7) is 0. The van der Waals surface area contributed by atoms with Crippen LogP contribution in [0.15, 0.2) is 162 Å². The topological polar surface area (TPSA) is 23.0 Å². The van der Waals surface area contributed by atoms with E-state index >= 15 is 0 Å². The molecule has 0 radical (unpaired) electrons. The van der Waals surface area contributed by atoms with Gasteiger partial charge in [-0.15, -0.1) is 0 Å². The Labute approximate surface area is 269 Å². The van der Waals surface area contributed by atoms with Gasteiger partial charge in [0.15, 0.2) is 0 Å². The van der Waals surface area contributed by atoms with Crippen molar-refractivity contribution < 1.29 is 4.42 Å². The highest BCUT2D eigenvalue weighted by atomic mass is 16.3. The van der Waals surface area contributed by atoms with Gasteiger partial charge in [0.2, 0.25) is 0 Å². The average molecular weight is 599 g/mol. The minimum absolute atomic E-state index is 0.896. The number of aromatic nitrogens is 2. The molecule has 0 saturated carbocycles. The Morgan fingerprint density at radius 3 is 1.83 bits per heavy atom. The first-order valence-corrected chi connectivity index (χ1v) is 16.1. The SMILES string of the molecule is c1ccc(-n2c3ccccc3c3ccc4c5cc6c(cc5n(-c5cc7ccccc7c7ccccc57)c4c32)oc2ccccc26)cc1. The molecule has 0 fully saturated rings. The molecule has 3 nitrogen and oxygen atoms in total. The summed E-state index contributed by atoms with van der Waals surface area (Å²) in [6, 6.07) is 57.1. The van der Waals surface area contributed by atoms with Crippen LogP contribution in [0.3, 0.4) is 0 Å². The lowest BCUT2D eigenvalue weighted by molar-refractivity contribution is 0.669. The van der Waals surface area contributed by atoms with Crippen molar-refractivity contribution in [1.82, 2.24) is 9.13 Å². The first-order valence-electron chi connectivity index (χ1n) is 16.1. The quantitative estimate of drug-likeness (QED) is 0.182. The molecule has 0 aliphatic rings. The molecule has 218 valence electrons. The van der Waals surface area contributed by atoms with Crippen LogP contribution in [0.25, 0.3) is 98.5 Å². The van der Waals surface area contributed by atoms with Crippen molar-refractivity contribution in [3.8, 4) is 11.4 Å². The minimum Gasteiger partial charge on any atom is -0.456 e. The molecule has 0 unspecified atom stereocenters. The summed E-state index contributed by atoms with van der Waals surface area (Å²) in [4.78, 5) is 0. The number of rotatable bonds is 2. The normalized spacial score (nSPS) is 12.3. The summed E-state index contributed by atoms with van der Waals surface area (Å²) in [5.41, 5.74) is 8.82. The predicted molar refractivity (Wildman–Crippen MR) is 197 cm³/mol. The molecule has 8 aromatic carbocycles. The third-order valence-electron chi connectivity index (χ3n) is 10.1. The maximum absolute atomic E-state index is 6.52. The molecule has 0 N–H and O–H groups in total. The fourth-order valence-corrected chi connectivity index (χ4v) is 8.08. The van der Waals surface area contributed by atoms with Crippen molar-refractivity contribution >= 4 is 87.1 Å². The van der Waals surface area contributed by atoms with E-state index in [9.17, 15) is 0 Å². The summed E-state index contributed by atoms with van der Waals surface area (Å²) < 4.78 is 11.5. The molecular weight excluding hydrogens is 572 g/mol. The molecule has 0 bridgehead atoms. The van der Waals surface area contributed by atoms with Crippen LogP contribution in [0, 0.1) is 0 Å². The summed E-state index contributed by atoms with van der Waals surface area (Å²) in [7, 11) is 0. The van der Waals surface area contributed by atoms with E-state index in [4.69, 9.17) is 4.42 Å². The van der Waals surface area contributed by atoms with E-state index in [1.165, 1.54) is 59.6 Å². The summed E-state index contributed by atoms with van der Waals surface area (Å²) in [5, 5.41) is 12.1. The third kappa shape index (κ3) is 3.30. The Morgan fingerprint density at radius 1 is 0.340 bits per heavy atom. The molecule has 0 aliphatic heterocycles. The van der Waals surface area contributed by atoms with Crippen LogP contribution in [-0.2, 0) is 0 Å². The fraction of sp³-hybridized carbons (Fsp3) is 0. The molecule has 3 aromatic heterocycles. The number of para-hydroxylation sites is 3. The lowest BCUT2D eigenvalue weighted by atomic mass is 10.00. The lowest BCUT2D eigenvalue weighted by Crippen LogP contribution is -1.99. The van der Waals surface area contributed by atoms with Crippen molar-refractivity contribution in [1.29, 1.82) is 0 Å². The maximum Gasteiger partial charge on any atom is 0.137 e. The van der Waals surface area contributed by atoms with E-state index in [1.54, 1.807) is 0 Å². The van der Waals surface area contributed by atoms with Crippen molar-refractivity contribution in [3.05, 3.63) is 158 Å². The van der Waals surface area contributed by atoms with Gasteiger partial charge in [0.05, 0.1) is 27.8 Å². The average Bonchev–Trinajstić information content (AvgIpc) is 3.78. The first-order chi connectivity index (χ1) is 23.3. The van der Waals surface area contributed by atoms with Crippen LogP contribution < -0.4 is 0 Å². The molecule has 11 aromatic rings. The largest absolute Gasteiger partial charge is 0.456 e. The van der Waals surface area contributed by atoms with Gasteiger partial charge in [0.25, 0.3) is 0 Å². The number of hydrogen-bond donors (Lipinski definition) is 0. The standard InChI is InChI=1S/C44H26N2O/c1-2-13-28(14-3-1)45-38-20-10-8-18-32(38)34-22-23-35-36-25-37-33-19-9-11-21-41(33)47-42(37)26-40(36)46(44(35)43(34)45)39-24-27-12-4-5-15-29(27)30-16-6-7-17-31(30)39/h1-26H. The van der Waals surface area contributed by atoms with Gasteiger partial charge in [-0.3, -0.25) is 0 Å². The zero-order valence-electron chi connectivity index (χ0n) is 25.3. The number of benzene rings is 8. The van der Waals surface area contributed by atoms with Crippen LogP contribution in [0.4, 0.5) is 0 Å². The van der Waals surface area contributed by atoms with Gasteiger partial charge in [-0.05, 0) is 52.6 Å². The maximum atomic E-state index is 6.52. The monoisotopic (exact) mass is 598 g/mol. The van der Waals surface area contributed by atoms with Gasteiger partial charge in [-0.2, -0.15) is 0 Å². The van der Waals surface area contributed by atoms with Crippen LogP contribution >= 0.6 is 0 Å². The Bertz CT molecular complexity index is 3070. The number of furan rings is 1. The van der Waals surface area contributed by atoms with Crippen molar-refractivity contribution in [2.24, 2.45) is 0 Å². The fourth-order valence-electron chi connectivity index (χ4n) is 8.08. The molecule has 3 heterocycles. The second-order valence-corrected chi connectivity index (χ2v) is 12.5. The molecular formula is C44H26N2O. The van der Waals surface area contributed by atoms with E-state index in [-0.39, 0.29) is 0 Å². The molecule has 0 saturated heterocycles. The zero-order chi connectivity index (χ0) is 30.6. The van der Waals surface area contributed by atoms with E-state index in [2.05, 4.69) is 161 Å². The van der Waals surface area contributed by atoms with E-state index in [0.29, 0.717) is 0 Å². The Hall–Kier alpha value is -6.32. The van der Waals surface area contributed by atoms with E-state index in [1.807, 2.05) is 6.07 Å². The van der Waals surface area contributed by atoms with Crippen molar-refractivity contribution in [2.75, 3.05) is 0 Å². The first kappa shape index (κ1) is 24.9. The van der Waals surface area contributed by atoms with Gasteiger partial charge in [-0.25, -0.2) is 0 Å². The third-order valence-corrected chi connectivity index (χ3v) is 10.1. The second-order valence-electron chi connectivity index (χ2n) is 12.5. The molecule has 0 atom stereocenters. The molecule has 11 rings (SSSR count). The number of fused-ring (bicyclic) bond motifs is 13. The van der Waals surface area contributed by atoms with Gasteiger partial charge < -0.3 is 13.6 Å². The lowest BCUT2D eigenvalue weighted by Gasteiger charge is -2.16. The molecule has 0 spiro atoms. The van der Waals surface area contributed by atoms with E-state index < -0.39 is 0 Å². The summed E-state index contributed by atoms with van der Waals surface area (Å²) >= 11 is 0. The highest BCUT2D eigenvalue weighted by Crippen LogP contribution is 2.45. The second kappa shape index (κ2) is 9.12. The molecule has 0 amide bonds. The predicted octanol–water partition coefficient (Wildman–Crippen LogP) is 12.1. The molecule has 0 aliphatic carbocycles. The number of nitrogens with zero attached hydrogens (tertiary/aromatic N) is 2. The van der Waals surface area contributed by atoms with Gasteiger partial charge in [0, 0.05) is 49.5 Å². The molecule has 47 heavy (non-hydrogen) atoms. The van der Waals surface area contributed by atoms with Crippen molar-refractivity contribution in [2.45, 2.75) is 0 Å². The Kier molecular flexibility index (Phi) is 4.84. The van der Waals surface area contributed by atoms with Crippen LogP contribution in [-0.4, -0.2) is 9.13 Å². The van der Waals surface area contributed by atoms with Crippen LogP contribution in [0.2, 0.25) is 0 Å². The van der Waals surface area contributed by atoms with Gasteiger partial charge in [-0.1, -0.05) is 115 Å². The van der Waals surface area contributed by atoms with Gasteiger partial charge >= 0.3 is 0 Å². The highest BCUT2D eigenvalue weighted by molar-refractivity contribution is 6.26. The van der Waals surface area contributed by atoms with Crippen LogP contribution in [0.1, 0.15) is 0 Å². The smallest absolute Gasteiger partial charge is 0.137 e. The summed E-state index contributed by atoms with van der Waals surface area (Å²) in [6.07, 6.45) is 0. The van der Waals surface area contributed by atoms with E-state index in [0.717, 1.165) is 38.8 Å². The minimum atomic E-state index is 0.896. The van der Waals surface area contributed by atoms with Crippen molar-refractivity contribution in [3.63, 3.8) is 0 Å². The Morgan fingerprint density at radius 2 is 0.979 bits per heavy atom. The molecule has 3 heteroatoms. The Balaban J connectivity index is 1.43. The highest BCUT2D eigenvalue weighted by Gasteiger charge is 2.23.